The number of carbonyl (C=O) groups excluding carboxylic acids is 2. The largest absolute Gasteiger partial charge is 0.465 e. The van der Waals surface area contributed by atoms with E-state index in [0.29, 0.717) is 38.5 Å². The van der Waals surface area contributed by atoms with Crippen LogP contribution in [0.2, 0.25) is 0 Å². The molecule has 3 N–H and O–H groups in total. The predicted octanol–water partition coefficient (Wildman–Crippen LogP) is 2.91. The molecule has 0 bridgehead atoms. The van der Waals surface area contributed by atoms with Gasteiger partial charge >= 0.3 is 6.09 Å². The van der Waals surface area contributed by atoms with Crippen LogP contribution in [-0.2, 0) is 9.59 Å². The summed E-state index contributed by atoms with van der Waals surface area (Å²) in [6.07, 6.45) is 3.89. The molecule has 154 valence electrons. The third kappa shape index (κ3) is 5.71. The standard InChI is InChI=1S/C20H35N3O4/c1-7-9-11-20(17(25)22-19(3,4)5,23(6)16(24)10-8-2)14-12-15(13-14)21-18(26)27/h7,14-15,21H,1,8-13H2,2-6H3,(H,22,25)(H,26,27)/t14-,15-,20-/m0/s1. The first-order valence-corrected chi connectivity index (χ1v) is 9.67. The van der Waals surface area contributed by atoms with Crippen molar-refractivity contribution in [2.75, 3.05) is 7.05 Å². The van der Waals surface area contributed by atoms with E-state index in [1.165, 1.54) is 0 Å². The van der Waals surface area contributed by atoms with E-state index in [1.807, 2.05) is 27.7 Å². The number of likely N-dealkylation sites (N-methyl/N-ethyl adjacent to an activating group) is 1. The molecule has 1 atom stereocenters. The van der Waals surface area contributed by atoms with E-state index >= 15 is 0 Å². The van der Waals surface area contributed by atoms with Gasteiger partial charge < -0.3 is 20.6 Å². The van der Waals surface area contributed by atoms with Crippen molar-refractivity contribution in [3.05, 3.63) is 12.7 Å². The molecule has 7 heteroatoms. The normalized spacial score (nSPS) is 21.4. The fraction of sp³-hybridized carbons (Fsp3) is 0.750. The number of hydrogen-bond acceptors (Lipinski definition) is 3. The molecule has 0 heterocycles. The van der Waals surface area contributed by atoms with Crippen LogP contribution in [0.1, 0.15) is 66.2 Å². The van der Waals surface area contributed by atoms with Crippen molar-refractivity contribution < 1.29 is 19.5 Å². The summed E-state index contributed by atoms with van der Waals surface area (Å²) < 4.78 is 0. The highest BCUT2D eigenvalue weighted by molar-refractivity contribution is 5.92. The van der Waals surface area contributed by atoms with Crippen LogP contribution >= 0.6 is 0 Å². The Bertz CT molecular complexity index is 564. The number of nitrogens with one attached hydrogen (secondary N) is 2. The summed E-state index contributed by atoms with van der Waals surface area (Å²) in [4.78, 5) is 38.7. The third-order valence-electron chi connectivity index (χ3n) is 5.19. The Morgan fingerprint density at radius 1 is 1.26 bits per heavy atom. The second-order valence-electron chi connectivity index (χ2n) is 8.47. The van der Waals surface area contributed by atoms with Crippen molar-refractivity contribution in [1.29, 1.82) is 0 Å². The molecular weight excluding hydrogens is 346 g/mol. The molecular formula is C20H35N3O4. The third-order valence-corrected chi connectivity index (χ3v) is 5.19. The Morgan fingerprint density at radius 3 is 2.30 bits per heavy atom. The Hall–Kier alpha value is -2.05. The van der Waals surface area contributed by atoms with Gasteiger partial charge in [-0.25, -0.2) is 4.79 Å². The summed E-state index contributed by atoms with van der Waals surface area (Å²) in [6.45, 7) is 11.4. The Balaban J connectivity index is 3.23. The van der Waals surface area contributed by atoms with Crippen LogP contribution in [-0.4, -0.2) is 52.1 Å². The van der Waals surface area contributed by atoms with Crippen molar-refractivity contribution in [2.24, 2.45) is 5.92 Å². The van der Waals surface area contributed by atoms with E-state index in [4.69, 9.17) is 5.11 Å². The van der Waals surface area contributed by atoms with Gasteiger partial charge in [-0.3, -0.25) is 9.59 Å². The zero-order chi connectivity index (χ0) is 20.8. The van der Waals surface area contributed by atoms with Crippen molar-refractivity contribution in [3.63, 3.8) is 0 Å². The molecule has 7 nitrogen and oxygen atoms in total. The van der Waals surface area contributed by atoms with Gasteiger partial charge in [-0.2, -0.15) is 0 Å². The van der Waals surface area contributed by atoms with Crippen LogP contribution < -0.4 is 10.6 Å². The maximum atomic E-state index is 13.4. The lowest BCUT2D eigenvalue weighted by Crippen LogP contribution is -2.69. The first kappa shape index (κ1) is 23.0. The van der Waals surface area contributed by atoms with Gasteiger partial charge in [0.2, 0.25) is 11.8 Å². The average Bonchev–Trinajstić information content (AvgIpc) is 2.50. The zero-order valence-corrected chi connectivity index (χ0v) is 17.3. The van der Waals surface area contributed by atoms with Crippen molar-refractivity contribution >= 4 is 17.9 Å². The molecule has 0 spiro atoms. The van der Waals surface area contributed by atoms with Gasteiger partial charge in [-0.05, 0) is 58.8 Å². The van der Waals surface area contributed by atoms with Crippen molar-refractivity contribution in [2.45, 2.75) is 83.3 Å². The van der Waals surface area contributed by atoms with Gasteiger partial charge in [0.1, 0.15) is 5.54 Å². The number of amides is 3. The number of nitrogens with zero attached hydrogens (tertiary/aromatic N) is 1. The maximum absolute atomic E-state index is 13.4. The topological polar surface area (TPSA) is 98.7 Å². The van der Waals surface area contributed by atoms with Gasteiger partial charge in [-0.15, -0.1) is 6.58 Å². The summed E-state index contributed by atoms with van der Waals surface area (Å²) in [5.74, 6) is -0.356. The van der Waals surface area contributed by atoms with Crippen LogP contribution in [0.5, 0.6) is 0 Å². The zero-order valence-electron chi connectivity index (χ0n) is 17.3. The summed E-state index contributed by atoms with van der Waals surface area (Å²) in [7, 11) is 1.70. The quantitative estimate of drug-likeness (QED) is 0.535. The van der Waals surface area contributed by atoms with Gasteiger partial charge in [-0.1, -0.05) is 13.0 Å². The van der Waals surface area contributed by atoms with E-state index in [9.17, 15) is 14.4 Å². The van der Waals surface area contributed by atoms with Crippen LogP contribution in [0.25, 0.3) is 0 Å². The SMILES string of the molecule is C=CCC[C@@](C(=O)NC(C)(C)C)([C@H]1C[C@H](NC(=O)O)C1)N(C)C(=O)CCC. The van der Waals surface area contributed by atoms with E-state index < -0.39 is 17.2 Å². The second-order valence-corrected chi connectivity index (χ2v) is 8.47. The van der Waals surface area contributed by atoms with Crippen LogP contribution in [0.15, 0.2) is 12.7 Å². The summed E-state index contributed by atoms with van der Waals surface area (Å²) in [5, 5.41) is 14.5. The maximum Gasteiger partial charge on any atom is 0.404 e. The molecule has 0 aromatic rings. The minimum absolute atomic E-state index is 0.0692. The molecule has 0 unspecified atom stereocenters. The van der Waals surface area contributed by atoms with Crippen molar-refractivity contribution in [1.82, 2.24) is 15.5 Å². The van der Waals surface area contributed by atoms with Gasteiger partial charge in [0.15, 0.2) is 0 Å². The highest BCUT2D eigenvalue weighted by Gasteiger charge is 2.54. The van der Waals surface area contributed by atoms with Gasteiger partial charge in [0, 0.05) is 25.0 Å². The Kier molecular flexibility index (Phi) is 7.87. The highest BCUT2D eigenvalue weighted by Crippen LogP contribution is 2.43. The molecule has 0 radical (unpaired) electrons. The van der Waals surface area contributed by atoms with E-state index in [0.717, 1.165) is 0 Å². The first-order valence-electron chi connectivity index (χ1n) is 9.67. The minimum Gasteiger partial charge on any atom is -0.465 e. The second kappa shape index (κ2) is 9.24. The molecule has 0 aromatic carbocycles. The lowest BCUT2D eigenvalue weighted by molar-refractivity contribution is -0.155. The van der Waals surface area contributed by atoms with Crippen LogP contribution in [0.4, 0.5) is 4.79 Å². The molecule has 0 aliphatic heterocycles. The smallest absolute Gasteiger partial charge is 0.404 e. The summed E-state index contributed by atoms with van der Waals surface area (Å²) >= 11 is 0. The molecule has 27 heavy (non-hydrogen) atoms. The fourth-order valence-corrected chi connectivity index (χ4v) is 3.77. The summed E-state index contributed by atoms with van der Waals surface area (Å²) in [6, 6.07) is -0.187. The van der Waals surface area contributed by atoms with Gasteiger partial charge in [0.25, 0.3) is 0 Å². The minimum atomic E-state index is -1.07. The molecule has 1 fully saturated rings. The molecule has 1 rings (SSSR count). The van der Waals surface area contributed by atoms with E-state index in [1.54, 1.807) is 18.0 Å². The monoisotopic (exact) mass is 381 g/mol. The molecule has 3 amide bonds. The van der Waals surface area contributed by atoms with Crippen LogP contribution in [0, 0.1) is 5.92 Å². The lowest BCUT2D eigenvalue weighted by atomic mass is 9.64. The summed E-state index contributed by atoms with van der Waals surface area (Å²) in [5.41, 5.74) is -1.45. The van der Waals surface area contributed by atoms with E-state index in [-0.39, 0.29) is 23.8 Å². The fourth-order valence-electron chi connectivity index (χ4n) is 3.77. The first-order chi connectivity index (χ1) is 12.5. The molecule has 1 saturated carbocycles. The highest BCUT2D eigenvalue weighted by atomic mass is 16.4. The number of carbonyl (C=O) groups is 3. The van der Waals surface area contributed by atoms with Gasteiger partial charge in [0.05, 0.1) is 0 Å². The molecule has 1 aliphatic carbocycles. The number of hydrogen-bond donors (Lipinski definition) is 3. The Morgan fingerprint density at radius 2 is 1.85 bits per heavy atom. The predicted molar refractivity (Wildman–Crippen MR) is 105 cm³/mol. The molecule has 0 aromatic heterocycles. The van der Waals surface area contributed by atoms with Crippen molar-refractivity contribution in [3.8, 4) is 0 Å². The number of carboxylic acid groups (broad SMARTS) is 1. The van der Waals surface area contributed by atoms with E-state index in [2.05, 4.69) is 17.2 Å². The average molecular weight is 382 g/mol. The number of allylic oxidation sites excluding steroid dienone is 1. The molecule has 0 saturated heterocycles. The number of rotatable bonds is 9. The Labute approximate surface area is 162 Å². The molecule has 1 aliphatic rings. The lowest BCUT2D eigenvalue weighted by Gasteiger charge is -2.52. The van der Waals surface area contributed by atoms with Crippen LogP contribution in [0.3, 0.4) is 0 Å².